The van der Waals surface area contributed by atoms with Gasteiger partial charge in [0.2, 0.25) is 12.7 Å². The molecular formula is C24H18ClFN4O3S. The molecule has 0 saturated carbocycles. The fourth-order valence-electron chi connectivity index (χ4n) is 3.44. The fraction of sp³-hybridized carbons (Fsp3) is 0.125. The number of hydrogen-bond acceptors (Lipinski definition) is 6. The first kappa shape index (κ1) is 22.2. The molecule has 0 radical (unpaired) electrons. The molecule has 7 nitrogen and oxygen atoms in total. The Kier molecular flexibility index (Phi) is 6.12. The Labute approximate surface area is 203 Å². The van der Waals surface area contributed by atoms with Gasteiger partial charge < -0.3 is 14.8 Å². The number of rotatable bonds is 6. The van der Waals surface area contributed by atoms with Crippen molar-refractivity contribution in [3.8, 4) is 28.6 Å². The second-order valence-corrected chi connectivity index (χ2v) is 8.83. The topological polar surface area (TPSA) is 78.3 Å². The highest BCUT2D eigenvalue weighted by molar-refractivity contribution is 7.99. The molecule has 172 valence electrons. The molecule has 10 heteroatoms. The summed E-state index contributed by atoms with van der Waals surface area (Å²) in [4.78, 5) is 12.7. The minimum atomic E-state index is -0.407. The molecule has 0 saturated heterocycles. The predicted octanol–water partition coefficient (Wildman–Crippen LogP) is 5.49. The molecule has 1 aliphatic heterocycles. The number of aromatic nitrogens is 3. The zero-order chi connectivity index (χ0) is 23.7. The van der Waals surface area contributed by atoms with Crippen molar-refractivity contribution in [3.05, 3.63) is 77.1 Å². The van der Waals surface area contributed by atoms with Crippen LogP contribution in [0.4, 0.5) is 10.1 Å². The van der Waals surface area contributed by atoms with Gasteiger partial charge in [-0.15, -0.1) is 10.2 Å². The Balaban J connectivity index is 1.40. The van der Waals surface area contributed by atoms with Crippen LogP contribution < -0.4 is 14.8 Å². The van der Waals surface area contributed by atoms with Gasteiger partial charge in [-0.3, -0.25) is 9.36 Å². The fourth-order valence-corrected chi connectivity index (χ4v) is 4.39. The van der Waals surface area contributed by atoms with Crippen LogP contribution in [0, 0.1) is 12.7 Å². The average molecular weight is 497 g/mol. The SMILES string of the molecule is Cc1ccc(-n2c(SCC(=O)Nc3cc4c(cc3Cl)OCO4)nnc2-c2ccccc2F)cc1. The summed E-state index contributed by atoms with van der Waals surface area (Å²) in [5, 5.41) is 12.0. The smallest absolute Gasteiger partial charge is 0.234 e. The number of aryl methyl sites for hydroxylation is 1. The van der Waals surface area contributed by atoms with Crippen LogP contribution in [-0.2, 0) is 4.79 Å². The molecular weight excluding hydrogens is 479 g/mol. The van der Waals surface area contributed by atoms with E-state index < -0.39 is 5.82 Å². The van der Waals surface area contributed by atoms with Gasteiger partial charge in [0.15, 0.2) is 22.5 Å². The summed E-state index contributed by atoms with van der Waals surface area (Å²) in [6.45, 7) is 2.09. The van der Waals surface area contributed by atoms with Crippen molar-refractivity contribution in [2.45, 2.75) is 12.1 Å². The monoisotopic (exact) mass is 496 g/mol. The molecule has 3 aromatic carbocycles. The lowest BCUT2D eigenvalue weighted by atomic mass is 10.2. The van der Waals surface area contributed by atoms with Crippen LogP contribution in [0.5, 0.6) is 11.5 Å². The lowest BCUT2D eigenvalue weighted by molar-refractivity contribution is -0.113. The number of benzene rings is 3. The van der Waals surface area contributed by atoms with Crippen LogP contribution in [-0.4, -0.2) is 33.2 Å². The average Bonchev–Trinajstić information content (AvgIpc) is 3.45. The molecule has 4 aromatic rings. The van der Waals surface area contributed by atoms with Crippen LogP contribution >= 0.6 is 23.4 Å². The Hall–Kier alpha value is -3.56. The highest BCUT2D eigenvalue weighted by Gasteiger charge is 2.21. The van der Waals surface area contributed by atoms with E-state index in [1.165, 1.54) is 17.8 Å². The summed E-state index contributed by atoms with van der Waals surface area (Å²) in [5.74, 6) is 0.729. The molecule has 0 atom stereocenters. The summed E-state index contributed by atoms with van der Waals surface area (Å²) in [6.07, 6.45) is 0. The van der Waals surface area contributed by atoms with Gasteiger partial charge in [0.25, 0.3) is 0 Å². The first-order chi connectivity index (χ1) is 16.5. The largest absolute Gasteiger partial charge is 0.454 e. The number of anilines is 1. The van der Waals surface area contributed by atoms with E-state index in [1.807, 2.05) is 31.2 Å². The molecule has 1 N–H and O–H groups in total. The van der Waals surface area contributed by atoms with Crippen molar-refractivity contribution in [2.75, 3.05) is 17.9 Å². The van der Waals surface area contributed by atoms with Gasteiger partial charge in [0, 0.05) is 17.8 Å². The highest BCUT2D eigenvalue weighted by Crippen LogP contribution is 2.39. The number of amides is 1. The molecule has 34 heavy (non-hydrogen) atoms. The van der Waals surface area contributed by atoms with Gasteiger partial charge in [-0.1, -0.05) is 53.2 Å². The predicted molar refractivity (Wildman–Crippen MR) is 128 cm³/mol. The molecule has 0 fully saturated rings. The maximum absolute atomic E-state index is 14.5. The molecule has 5 rings (SSSR count). The van der Waals surface area contributed by atoms with E-state index in [-0.39, 0.29) is 18.5 Å². The van der Waals surface area contributed by atoms with Crippen molar-refractivity contribution >= 4 is 35.0 Å². The first-order valence-electron chi connectivity index (χ1n) is 10.3. The maximum atomic E-state index is 14.5. The number of fused-ring (bicyclic) bond motifs is 1. The Morgan fingerprint density at radius 2 is 1.85 bits per heavy atom. The number of hydrogen-bond donors (Lipinski definition) is 1. The summed E-state index contributed by atoms with van der Waals surface area (Å²) >= 11 is 7.44. The summed E-state index contributed by atoms with van der Waals surface area (Å²) in [6, 6.07) is 17.3. The van der Waals surface area contributed by atoms with Crippen molar-refractivity contribution in [2.24, 2.45) is 0 Å². The lowest BCUT2D eigenvalue weighted by Crippen LogP contribution is -2.15. The van der Waals surface area contributed by atoms with E-state index in [0.29, 0.717) is 38.8 Å². The molecule has 1 amide bonds. The number of thioether (sulfide) groups is 1. The summed E-state index contributed by atoms with van der Waals surface area (Å²) in [7, 11) is 0. The lowest BCUT2D eigenvalue weighted by Gasteiger charge is -2.12. The molecule has 2 heterocycles. The van der Waals surface area contributed by atoms with Crippen molar-refractivity contribution in [1.82, 2.24) is 14.8 Å². The normalized spacial score (nSPS) is 12.1. The number of nitrogens with zero attached hydrogens (tertiary/aromatic N) is 3. The van der Waals surface area contributed by atoms with Crippen LogP contribution in [0.1, 0.15) is 5.56 Å². The number of carbonyl (C=O) groups excluding carboxylic acids is 1. The minimum absolute atomic E-state index is 0.0338. The van der Waals surface area contributed by atoms with Crippen molar-refractivity contribution in [3.63, 3.8) is 0 Å². The van der Waals surface area contributed by atoms with E-state index in [0.717, 1.165) is 11.3 Å². The minimum Gasteiger partial charge on any atom is -0.454 e. The van der Waals surface area contributed by atoms with Gasteiger partial charge in [-0.25, -0.2) is 4.39 Å². The van der Waals surface area contributed by atoms with Crippen molar-refractivity contribution in [1.29, 1.82) is 0 Å². The van der Waals surface area contributed by atoms with Crippen LogP contribution in [0.3, 0.4) is 0 Å². The Morgan fingerprint density at radius 1 is 1.12 bits per heavy atom. The third-order valence-electron chi connectivity index (χ3n) is 5.11. The third-order valence-corrected chi connectivity index (χ3v) is 6.35. The van der Waals surface area contributed by atoms with E-state index in [1.54, 1.807) is 34.9 Å². The summed E-state index contributed by atoms with van der Waals surface area (Å²) < 4.78 is 26.9. The Morgan fingerprint density at radius 3 is 2.62 bits per heavy atom. The second kappa shape index (κ2) is 9.36. The molecule has 1 aromatic heterocycles. The van der Waals surface area contributed by atoms with E-state index in [4.69, 9.17) is 21.1 Å². The molecule has 1 aliphatic rings. The number of carbonyl (C=O) groups is 1. The van der Waals surface area contributed by atoms with E-state index in [2.05, 4.69) is 15.5 Å². The second-order valence-electron chi connectivity index (χ2n) is 7.48. The number of nitrogens with one attached hydrogen (secondary N) is 1. The zero-order valence-electron chi connectivity index (χ0n) is 17.9. The molecule has 0 bridgehead atoms. The Bertz CT molecular complexity index is 1380. The first-order valence-corrected chi connectivity index (χ1v) is 11.6. The number of halogens is 2. The maximum Gasteiger partial charge on any atom is 0.234 e. The third kappa shape index (κ3) is 4.44. The number of ether oxygens (including phenoxy) is 2. The highest BCUT2D eigenvalue weighted by atomic mass is 35.5. The van der Waals surface area contributed by atoms with E-state index in [9.17, 15) is 9.18 Å². The standard InChI is InChI=1S/C24H18ClFN4O3S/c1-14-6-8-15(9-7-14)30-23(16-4-2-3-5-18(16)26)28-29-24(30)34-12-22(31)27-19-11-21-20(10-17(19)25)32-13-33-21/h2-11H,12-13H2,1H3,(H,27,31). The van der Waals surface area contributed by atoms with Crippen LogP contribution in [0.2, 0.25) is 5.02 Å². The van der Waals surface area contributed by atoms with Crippen molar-refractivity contribution < 1.29 is 18.7 Å². The molecule has 0 unspecified atom stereocenters. The van der Waals surface area contributed by atoms with Gasteiger partial charge in [0.1, 0.15) is 5.82 Å². The van der Waals surface area contributed by atoms with Gasteiger partial charge in [-0.05, 0) is 31.2 Å². The van der Waals surface area contributed by atoms with Crippen LogP contribution in [0.25, 0.3) is 17.1 Å². The molecule has 0 spiro atoms. The van der Waals surface area contributed by atoms with E-state index >= 15 is 0 Å². The zero-order valence-corrected chi connectivity index (χ0v) is 19.5. The quantitative estimate of drug-likeness (QED) is 0.355. The van der Waals surface area contributed by atoms with Gasteiger partial charge in [-0.2, -0.15) is 0 Å². The van der Waals surface area contributed by atoms with Gasteiger partial charge >= 0.3 is 0 Å². The molecule has 0 aliphatic carbocycles. The summed E-state index contributed by atoms with van der Waals surface area (Å²) in [5.41, 5.74) is 2.58. The van der Waals surface area contributed by atoms with Gasteiger partial charge in [0.05, 0.1) is 22.0 Å². The van der Waals surface area contributed by atoms with Crippen LogP contribution in [0.15, 0.2) is 65.8 Å².